The zero-order valence-corrected chi connectivity index (χ0v) is 21.5. The van der Waals surface area contributed by atoms with E-state index in [4.69, 9.17) is 9.98 Å². The first kappa shape index (κ1) is 27.0. The van der Waals surface area contributed by atoms with E-state index in [-0.39, 0.29) is 40.0 Å². The lowest BCUT2D eigenvalue weighted by Crippen LogP contribution is -2.34. The van der Waals surface area contributed by atoms with Crippen LogP contribution in [0, 0.1) is 10.8 Å². The molecule has 6 heteroatoms. The van der Waals surface area contributed by atoms with Crippen molar-refractivity contribution in [2.45, 2.75) is 106 Å². The van der Waals surface area contributed by atoms with Crippen LogP contribution in [0.1, 0.15) is 99.8 Å². The quantitative estimate of drug-likeness (QED) is 0.347. The third-order valence-corrected chi connectivity index (χ3v) is 6.18. The molecule has 0 aromatic heterocycles. The molecule has 0 spiro atoms. The van der Waals surface area contributed by atoms with Crippen LogP contribution < -0.4 is 0 Å². The topological polar surface area (TPSA) is 99.3 Å². The number of carbonyl (C=O) groups excluding carboxylic acids is 2. The molecule has 0 unspecified atom stereocenters. The molecule has 2 aliphatic carbocycles. The molecule has 6 nitrogen and oxygen atoms in total. The Morgan fingerprint density at radius 1 is 0.818 bits per heavy atom. The van der Waals surface area contributed by atoms with Crippen LogP contribution in [0.3, 0.4) is 0 Å². The number of allylic oxidation sites excluding steroid dienone is 4. The fourth-order valence-corrected chi connectivity index (χ4v) is 4.75. The van der Waals surface area contributed by atoms with Crippen LogP contribution in [0.15, 0.2) is 32.6 Å². The molecule has 184 valence electrons. The number of carbonyl (C=O) groups is 2. The largest absolute Gasteiger partial charge is 0.511 e. The number of aliphatic imine (C=N–C) groups is 2. The molecule has 2 N–H and O–H groups in total. The lowest BCUT2D eigenvalue weighted by atomic mass is 9.73. The second kappa shape index (κ2) is 10.8. The predicted molar refractivity (Wildman–Crippen MR) is 134 cm³/mol. The van der Waals surface area contributed by atoms with Gasteiger partial charge in [0.05, 0.1) is 23.7 Å². The van der Waals surface area contributed by atoms with Crippen LogP contribution in [0.2, 0.25) is 0 Å². The van der Waals surface area contributed by atoms with Crippen molar-refractivity contribution in [1.29, 1.82) is 0 Å². The summed E-state index contributed by atoms with van der Waals surface area (Å²) >= 11 is 0. The fourth-order valence-electron chi connectivity index (χ4n) is 4.75. The number of nitrogens with zero attached hydrogens (tertiary/aromatic N) is 2. The third kappa shape index (κ3) is 7.12. The van der Waals surface area contributed by atoms with Gasteiger partial charge in [-0.2, -0.15) is 0 Å². The molecule has 0 heterocycles. The smallest absolute Gasteiger partial charge is 0.168 e. The molecular formula is C27H42N2O4. The van der Waals surface area contributed by atoms with Crippen LogP contribution in [-0.2, 0) is 9.59 Å². The average molecular weight is 459 g/mol. The van der Waals surface area contributed by atoms with Crippen LogP contribution in [0.4, 0.5) is 0 Å². The van der Waals surface area contributed by atoms with Crippen LogP contribution in [-0.4, -0.2) is 45.8 Å². The van der Waals surface area contributed by atoms with Gasteiger partial charge in [0.1, 0.15) is 11.5 Å². The molecule has 0 radical (unpaired) electrons. The molecule has 0 aromatic rings. The summed E-state index contributed by atoms with van der Waals surface area (Å²) in [7, 11) is 0. The normalized spacial score (nSPS) is 27.1. The Bertz CT molecular complexity index is 903. The minimum absolute atomic E-state index is 0.0516. The van der Waals surface area contributed by atoms with Gasteiger partial charge in [-0.1, -0.05) is 41.5 Å². The number of ketones is 2. The van der Waals surface area contributed by atoms with Crippen molar-refractivity contribution in [2.75, 3.05) is 6.54 Å². The summed E-state index contributed by atoms with van der Waals surface area (Å²) < 4.78 is 0. The van der Waals surface area contributed by atoms with Gasteiger partial charge in [-0.3, -0.25) is 19.6 Å². The minimum atomic E-state index is -0.228. The van der Waals surface area contributed by atoms with Crippen molar-refractivity contribution in [2.24, 2.45) is 20.8 Å². The van der Waals surface area contributed by atoms with E-state index in [1.807, 2.05) is 48.5 Å². The van der Waals surface area contributed by atoms with E-state index in [9.17, 15) is 19.8 Å². The molecule has 2 rings (SSSR count). The summed E-state index contributed by atoms with van der Waals surface area (Å²) in [6.07, 6.45) is 4.46. The number of aliphatic hydroxyl groups excluding tert-OH is 2. The summed E-state index contributed by atoms with van der Waals surface area (Å²) in [5.41, 5.74) is 1.65. The van der Waals surface area contributed by atoms with Gasteiger partial charge in [-0.05, 0) is 43.4 Å². The Morgan fingerprint density at radius 2 is 1.24 bits per heavy atom. The van der Waals surface area contributed by atoms with E-state index in [1.54, 1.807) is 0 Å². The van der Waals surface area contributed by atoms with Gasteiger partial charge < -0.3 is 10.2 Å². The number of hydrogen-bond donors (Lipinski definition) is 2. The van der Waals surface area contributed by atoms with Gasteiger partial charge in [0.25, 0.3) is 0 Å². The van der Waals surface area contributed by atoms with Gasteiger partial charge in [-0.15, -0.1) is 0 Å². The molecule has 33 heavy (non-hydrogen) atoms. The minimum Gasteiger partial charge on any atom is -0.511 e. The maximum atomic E-state index is 12.8. The van der Waals surface area contributed by atoms with Crippen LogP contribution in [0.5, 0.6) is 0 Å². The molecule has 1 atom stereocenters. The maximum Gasteiger partial charge on any atom is 0.168 e. The van der Waals surface area contributed by atoms with E-state index in [0.29, 0.717) is 67.6 Å². The third-order valence-electron chi connectivity index (χ3n) is 6.18. The van der Waals surface area contributed by atoms with Crippen molar-refractivity contribution in [3.8, 4) is 0 Å². The van der Waals surface area contributed by atoms with Crippen molar-refractivity contribution in [3.05, 3.63) is 22.7 Å². The monoisotopic (exact) mass is 458 g/mol. The molecule has 2 saturated carbocycles. The van der Waals surface area contributed by atoms with Gasteiger partial charge in [0, 0.05) is 37.1 Å². The van der Waals surface area contributed by atoms with Crippen molar-refractivity contribution < 1.29 is 19.8 Å². The lowest BCUT2D eigenvalue weighted by molar-refractivity contribution is -0.118. The van der Waals surface area contributed by atoms with Gasteiger partial charge in [0.2, 0.25) is 0 Å². The van der Waals surface area contributed by atoms with E-state index in [2.05, 4.69) is 0 Å². The standard InChI is InChI=1S/C27H42N2O4/c1-8-10-20(30)24-18(12-26(4,5)14-22(24)32)28-16-17(3)29-19-13-27(6,7)15-23(33)25(19)21(31)11-9-2/h17,30-31H,8-16H2,1-7H3/t17-/m1/s1. The molecule has 0 aliphatic heterocycles. The molecule has 2 fully saturated rings. The van der Waals surface area contributed by atoms with E-state index >= 15 is 0 Å². The van der Waals surface area contributed by atoms with Gasteiger partial charge in [0.15, 0.2) is 11.6 Å². The Kier molecular flexibility index (Phi) is 8.83. The second-order valence-electron chi connectivity index (χ2n) is 11.2. The highest BCUT2D eigenvalue weighted by Gasteiger charge is 2.37. The molecule has 0 amide bonds. The summed E-state index contributed by atoms with van der Waals surface area (Å²) in [6.45, 7) is 14.4. The Balaban J connectivity index is 2.38. The Labute approximate surface area is 199 Å². The first-order valence-electron chi connectivity index (χ1n) is 12.3. The molecular weight excluding hydrogens is 416 g/mol. The van der Waals surface area contributed by atoms with Gasteiger partial charge >= 0.3 is 0 Å². The van der Waals surface area contributed by atoms with E-state index in [0.717, 1.165) is 12.8 Å². The SMILES string of the molecule is CCCC(O)=C1C(=O)CC(C)(C)CC1=NC[C@@H](C)N=C1CC(C)(C)CC(=O)C1=C(O)CCC. The number of rotatable bonds is 7. The van der Waals surface area contributed by atoms with Crippen LogP contribution >= 0.6 is 0 Å². The zero-order valence-electron chi connectivity index (χ0n) is 21.5. The Hall–Kier alpha value is -2.24. The van der Waals surface area contributed by atoms with Crippen molar-refractivity contribution in [3.63, 3.8) is 0 Å². The predicted octanol–water partition coefficient (Wildman–Crippen LogP) is 6.26. The van der Waals surface area contributed by atoms with Crippen LogP contribution in [0.25, 0.3) is 0 Å². The average Bonchev–Trinajstić information content (AvgIpc) is 2.64. The van der Waals surface area contributed by atoms with Crippen molar-refractivity contribution >= 4 is 23.0 Å². The summed E-state index contributed by atoms with van der Waals surface area (Å²) in [5, 5.41) is 21.1. The maximum absolute atomic E-state index is 12.8. The highest BCUT2D eigenvalue weighted by molar-refractivity contribution is 6.25. The first-order valence-corrected chi connectivity index (χ1v) is 12.3. The highest BCUT2D eigenvalue weighted by atomic mass is 16.3. The lowest BCUT2D eigenvalue weighted by Gasteiger charge is -2.32. The van der Waals surface area contributed by atoms with Crippen molar-refractivity contribution in [1.82, 2.24) is 0 Å². The molecule has 0 aromatic carbocycles. The fraction of sp³-hybridized carbons (Fsp3) is 0.704. The number of aliphatic hydroxyl groups is 2. The van der Waals surface area contributed by atoms with E-state index in [1.165, 1.54) is 0 Å². The van der Waals surface area contributed by atoms with Gasteiger partial charge in [-0.25, -0.2) is 0 Å². The number of hydrogen-bond acceptors (Lipinski definition) is 6. The summed E-state index contributed by atoms with van der Waals surface area (Å²) in [6, 6.07) is -0.228. The summed E-state index contributed by atoms with van der Waals surface area (Å²) in [5.74, 6) is 0.155. The molecule has 0 bridgehead atoms. The molecule has 0 saturated heterocycles. The highest BCUT2D eigenvalue weighted by Crippen LogP contribution is 2.37. The summed E-state index contributed by atoms with van der Waals surface area (Å²) in [4.78, 5) is 35.2. The zero-order chi connectivity index (χ0) is 25.0. The number of Topliss-reactive ketones (excluding diaryl/α,β-unsaturated/α-hetero) is 2. The Morgan fingerprint density at radius 3 is 1.70 bits per heavy atom. The van der Waals surface area contributed by atoms with E-state index < -0.39 is 0 Å². The first-order chi connectivity index (χ1) is 15.3. The molecule has 2 aliphatic rings. The second-order valence-corrected chi connectivity index (χ2v) is 11.2.